The van der Waals surface area contributed by atoms with Crippen LogP contribution in [0, 0.1) is 23.7 Å². The van der Waals surface area contributed by atoms with E-state index in [2.05, 4.69) is 55.4 Å². The number of aliphatic hydroxyl groups is 1. The normalized spacial score (nSPS) is 14.7. The second kappa shape index (κ2) is 65.4. The highest BCUT2D eigenvalue weighted by atomic mass is 31.2. The number of esters is 4. The Morgan fingerprint density at radius 2 is 0.505 bits per heavy atom. The van der Waals surface area contributed by atoms with Crippen molar-refractivity contribution in [1.29, 1.82) is 0 Å². The van der Waals surface area contributed by atoms with E-state index in [1.54, 1.807) is 0 Å². The van der Waals surface area contributed by atoms with Crippen LogP contribution in [0.1, 0.15) is 383 Å². The van der Waals surface area contributed by atoms with Gasteiger partial charge in [-0.15, -0.1) is 0 Å². The summed E-state index contributed by atoms with van der Waals surface area (Å²) in [5.74, 6) is 0.947. The van der Waals surface area contributed by atoms with Gasteiger partial charge in [-0.2, -0.15) is 0 Å². The number of unbranched alkanes of at least 4 members (excludes halogenated alkanes) is 37. The molecule has 0 aromatic carbocycles. The Balaban J connectivity index is 5.18. The van der Waals surface area contributed by atoms with Crippen molar-refractivity contribution in [2.45, 2.75) is 401 Å². The number of phosphoric acid groups is 2. The number of ether oxygens (including phenoxy) is 4. The lowest BCUT2D eigenvalue weighted by molar-refractivity contribution is -0.161. The van der Waals surface area contributed by atoms with Crippen LogP contribution in [0.2, 0.25) is 0 Å². The number of carbonyl (C=O) groups excluding carboxylic acids is 4. The Kier molecular flexibility index (Phi) is 64.0. The number of rotatable bonds is 73. The van der Waals surface area contributed by atoms with Gasteiger partial charge in [-0.05, 0) is 49.4 Å². The Bertz CT molecular complexity index is 1870. The fourth-order valence-corrected chi connectivity index (χ4v) is 13.1. The van der Waals surface area contributed by atoms with Gasteiger partial charge in [0.2, 0.25) is 0 Å². The van der Waals surface area contributed by atoms with Crippen molar-refractivity contribution in [1.82, 2.24) is 0 Å². The number of hydrogen-bond donors (Lipinski definition) is 3. The van der Waals surface area contributed by atoms with Crippen LogP contribution in [-0.2, 0) is 65.4 Å². The molecule has 0 aliphatic rings. The summed E-state index contributed by atoms with van der Waals surface area (Å²) in [5.41, 5.74) is 0. The first-order chi connectivity index (χ1) is 45.7. The molecule has 0 spiro atoms. The molecule has 0 aliphatic carbocycles. The van der Waals surface area contributed by atoms with E-state index in [4.69, 9.17) is 37.0 Å². The maximum Gasteiger partial charge on any atom is 0.472 e. The molecule has 19 heteroatoms. The Morgan fingerprint density at radius 1 is 0.295 bits per heavy atom. The standard InChI is InChI=1S/C76H148O17P2/c1-9-68(7)54-46-38-30-21-19-17-15-13-11-12-14-16-18-20-22-33-42-50-58-75(80)92-71(62-86-73(78)56-48-40-32-26-24-31-39-47-55-69(8)10-2)64-90-94(82,83)88-60-70(77)61-89-95(84,85)91-65-72(63-87-74(79)57-49-41-35-27-29-37-45-53-67(5)6)93-76(81)59-51-43-34-25-23-28-36-44-52-66(3)4/h66-72,77H,9-65H2,1-8H3,(H,82,83)(H,84,85)/t68?,69?,70?,71-,72-/m1/s1. The molecule has 3 N–H and O–H groups in total. The van der Waals surface area contributed by atoms with Gasteiger partial charge in [0.25, 0.3) is 0 Å². The highest BCUT2D eigenvalue weighted by Gasteiger charge is 2.30. The van der Waals surface area contributed by atoms with Crippen LogP contribution in [0.5, 0.6) is 0 Å². The fourth-order valence-electron chi connectivity index (χ4n) is 11.5. The van der Waals surface area contributed by atoms with Crippen molar-refractivity contribution < 1.29 is 80.2 Å². The van der Waals surface area contributed by atoms with E-state index in [1.807, 2.05) is 0 Å². The molecule has 0 radical (unpaired) electrons. The molecular formula is C76H148O17P2. The maximum absolute atomic E-state index is 13.1. The zero-order valence-corrected chi connectivity index (χ0v) is 64.1. The summed E-state index contributed by atoms with van der Waals surface area (Å²) in [6, 6.07) is 0. The van der Waals surface area contributed by atoms with E-state index in [0.717, 1.165) is 114 Å². The van der Waals surface area contributed by atoms with Gasteiger partial charge < -0.3 is 33.8 Å². The second-order valence-electron chi connectivity index (χ2n) is 28.8. The summed E-state index contributed by atoms with van der Waals surface area (Å²) < 4.78 is 68.4. The van der Waals surface area contributed by atoms with Crippen molar-refractivity contribution in [2.75, 3.05) is 39.6 Å². The van der Waals surface area contributed by atoms with Gasteiger partial charge in [0.05, 0.1) is 26.4 Å². The minimum atomic E-state index is -4.96. The van der Waals surface area contributed by atoms with E-state index in [1.165, 1.54) is 180 Å². The molecule has 0 aromatic rings. The average molecular weight is 1400 g/mol. The highest BCUT2D eigenvalue weighted by molar-refractivity contribution is 7.47. The first kappa shape index (κ1) is 93.1. The van der Waals surface area contributed by atoms with Crippen molar-refractivity contribution in [3.63, 3.8) is 0 Å². The van der Waals surface area contributed by atoms with Crippen LogP contribution in [0.4, 0.5) is 0 Å². The monoisotopic (exact) mass is 1400 g/mol. The van der Waals surface area contributed by atoms with Crippen LogP contribution < -0.4 is 0 Å². The minimum absolute atomic E-state index is 0.103. The van der Waals surface area contributed by atoms with Gasteiger partial charge in [0.15, 0.2) is 12.2 Å². The molecule has 0 aromatic heterocycles. The first-order valence-electron chi connectivity index (χ1n) is 39.3. The van der Waals surface area contributed by atoms with Gasteiger partial charge in [0, 0.05) is 25.7 Å². The lowest BCUT2D eigenvalue weighted by Gasteiger charge is -2.21. The van der Waals surface area contributed by atoms with Gasteiger partial charge in [0.1, 0.15) is 19.3 Å². The number of carbonyl (C=O) groups is 4. The van der Waals surface area contributed by atoms with Gasteiger partial charge in [-0.25, -0.2) is 9.13 Å². The van der Waals surface area contributed by atoms with Crippen molar-refractivity contribution in [2.24, 2.45) is 23.7 Å². The first-order valence-corrected chi connectivity index (χ1v) is 42.3. The lowest BCUT2D eigenvalue weighted by Crippen LogP contribution is -2.30. The molecule has 0 heterocycles. The largest absolute Gasteiger partial charge is 0.472 e. The predicted octanol–water partition coefficient (Wildman–Crippen LogP) is 22.0. The van der Waals surface area contributed by atoms with Crippen molar-refractivity contribution in [3.05, 3.63) is 0 Å². The number of hydrogen-bond acceptors (Lipinski definition) is 15. The molecule has 0 saturated carbocycles. The van der Waals surface area contributed by atoms with E-state index >= 15 is 0 Å². The van der Waals surface area contributed by atoms with Gasteiger partial charge >= 0.3 is 39.5 Å². The second-order valence-corrected chi connectivity index (χ2v) is 31.7. The predicted molar refractivity (Wildman–Crippen MR) is 386 cm³/mol. The van der Waals surface area contributed by atoms with Gasteiger partial charge in [-0.1, -0.05) is 331 Å². The van der Waals surface area contributed by atoms with Crippen LogP contribution in [0.25, 0.3) is 0 Å². The summed E-state index contributed by atoms with van der Waals surface area (Å²) in [4.78, 5) is 72.7. The van der Waals surface area contributed by atoms with E-state index in [9.17, 15) is 43.2 Å². The summed E-state index contributed by atoms with van der Waals surface area (Å²) in [6.07, 6.45) is 50.1. The average Bonchev–Trinajstić information content (AvgIpc) is 1.45. The van der Waals surface area contributed by atoms with E-state index < -0.39 is 97.5 Å². The van der Waals surface area contributed by atoms with Crippen molar-refractivity contribution in [3.8, 4) is 0 Å². The molecule has 564 valence electrons. The molecule has 0 aliphatic heterocycles. The Hall–Kier alpha value is -1.94. The van der Waals surface area contributed by atoms with Crippen LogP contribution in [0.3, 0.4) is 0 Å². The molecule has 7 atom stereocenters. The fraction of sp³-hybridized carbons (Fsp3) is 0.947. The van der Waals surface area contributed by atoms with E-state index in [0.29, 0.717) is 31.6 Å². The van der Waals surface area contributed by atoms with Gasteiger partial charge in [-0.3, -0.25) is 37.3 Å². The van der Waals surface area contributed by atoms with Crippen LogP contribution in [-0.4, -0.2) is 96.7 Å². The quantitative estimate of drug-likeness (QED) is 0.0222. The molecule has 0 saturated heterocycles. The highest BCUT2D eigenvalue weighted by Crippen LogP contribution is 2.45. The SMILES string of the molecule is CCC(C)CCCCCCCCCCCCCCCCCCCCC(=O)O[C@H](COC(=O)CCCCCCCCCCC(C)CC)COP(=O)(O)OCC(O)COP(=O)(O)OC[C@@H](COC(=O)CCCCCCCCCC(C)C)OC(=O)CCCCCCCCCCC(C)C. The molecular weight excluding hydrogens is 1250 g/mol. The minimum Gasteiger partial charge on any atom is -0.462 e. The molecule has 0 rings (SSSR count). The summed E-state index contributed by atoms with van der Waals surface area (Å²) in [5, 5.41) is 10.6. The number of aliphatic hydroxyl groups excluding tert-OH is 1. The zero-order chi connectivity index (χ0) is 70.3. The zero-order valence-electron chi connectivity index (χ0n) is 62.3. The maximum atomic E-state index is 13.1. The molecule has 0 fully saturated rings. The summed E-state index contributed by atoms with van der Waals surface area (Å²) in [6.45, 7) is 14.2. The van der Waals surface area contributed by atoms with Crippen LogP contribution in [0.15, 0.2) is 0 Å². The molecule has 5 unspecified atom stereocenters. The van der Waals surface area contributed by atoms with E-state index in [-0.39, 0.29) is 25.7 Å². The Labute approximate surface area is 581 Å². The summed E-state index contributed by atoms with van der Waals surface area (Å²) >= 11 is 0. The third-order valence-electron chi connectivity index (χ3n) is 18.3. The third-order valence-corrected chi connectivity index (χ3v) is 20.2. The molecule has 95 heavy (non-hydrogen) atoms. The topological polar surface area (TPSA) is 237 Å². The van der Waals surface area contributed by atoms with Crippen LogP contribution >= 0.6 is 15.6 Å². The lowest BCUT2D eigenvalue weighted by atomic mass is 9.99. The van der Waals surface area contributed by atoms with Crippen molar-refractivity contribution >= 4 is 39.5 Å². The molecule has 0 bridgehead atoms. The molecule has 17 nitrogen and oxygen atoms in total. The third kappa shape index (κ3) is 67.6. The Morgan fingerprint density at radius 3 is 0.747 bits per heavy atom. The number of phosphoric ester groups is 2. The summed E-state index contributed by atoms with van der Waals surface area (Å²) in [7, 11) is -9.91. The smallest absolute Gasteiger partial charge is 0.462 e. The molecule has 0 amide bonds.